The summed E-state index contributed by atoms with van der Waals surface area (Å²) in [4.78, 5) is 30.1. The molecule has 188 valence electrons. The van der Waals surface area contributed by atoms with Gasteiger partial charge >= 0.3 is 35.9 Å². The van der Waals surface area contributed by atoms with E-state index in [0.29, 0.717) is 19.3 Å². The standard InChI is InChI=1S/3C8H16O2.AsH3/c3*1-2-3-4-5-6-7-8(9)10;/h3*2-7H2,1H3,(H,9,10);1H3. The van der Waals surface area contributed by atoms with Crippen molar-refractivity contribution in [1.82, 2.24) is 0 Å². The molecule has 0 bridgehead atoms. The molecule has 0 aliphatic carbocycles. The van der Waals surface area contributed by atoms with Crippen molar-refractivity contribution >= 4 is 35.9 Å². The van der Waals surface area contributed by atoms with Crippen molar-refractivity contribution in [2.75, 3.05) is 0 Å². The van der Waals surface area contributed by atoms with Crippen molar-refractivity contribution in [1.29, 1.82) is 0 Å². The number of unbranched alkanes of at least 4 members (excludes halogenated alkanes) is 12. The summed E-state index contributed by atoms with van der Waals surface area (Å²) < 4.78 is 0. The third-order valence-electron chi connectivity index (χ3n) is 4.48. The molecule has 0 aliphatic rings. The molecule has 1 unspecified atom stereocenters. The van der Waals surface area contributed by atoms with Gasteiger partial charge in [-0.2, -0.15) is 0 Å². The van der Waals surface area contributed by atoms with Gasteiger partial charge in [-0.1, -0.05) is 97.8 Å². The first-order valence-electron chi connectivity index (χ1n) is 12.0. The molecule has 31 heavy (non-hydrogen) atoms. The third-order valence-corrected chi connectivity index (χ3v) is 4.48. The molecule has 0 spiro atoms. The molecule has 0 radical (unpaired) electrons. The van der Waals surface area contributed by atoms with Crippen molar-refractivity contribution < 1.29 is 29.7 Å². The molecular formula is C24H51AsO6. The maximum atomic E-state index is 10.0. The molecule has 0 fully saturated rings. The molecular weight excluding hydrogens is 459 g/mol. The summed E-state index contributed by atoms with van der Waals surface area (Å²) in [7, 11) is 0. The first-order valence-corrected chi connectivity index (χ1v) is 12.0. The van der Waals surface area contributed by atoms with Crippen LogP contribution in [0.1, 0.15) is 136 Å². The molecule has 0 aliphatic heterocycles. The molecule has 0 aromatic rings. The maximum absolute atomic E-state index is 10.0. The fraction of sp³-hybridized carbons (Fsp3) is 0.875. The molecule has 0 amide bonds. The summed E-state index contributed by atoms with van der Waals surface area (Å²) in [6.45, 7) is 6.45. The Bertz CT molecular complexity index is 331. The van der Waals surface area contributed by atoms with Gasteiger partial charge in [-0.15, -0.1) is 0 Å². The van der Waals surface area contributed by atoms with Crippen LogP contribution in [0.15, 0.2) is 0 Å². The zero-order chi connectivity index (χ0) is 23.5. The predicted octanol–water partition coefficient (Wildman–Crippen LogP) is 6.11. The van der Waals surface area contributed by atoms with Gasteiger partial charge in [0.1, 0.15) is 0 Å². The topological polar surface area (TPSA) is 112 Å². The number of hydrogen-bond donors (Lipinski definition) is 3. The molecule has 0 saturated carbocycles. The van der Waals surface area contributed by atoms with Crippen LogP contribution in [0.25, 0.3) is 0 Å². The van der Waals surface area contributed by atoms with Gasteiger partial charge in [-0.25, -0.2) is 0 Å². The Kier molecular flexibility index (Phi) is 40.4. The summed E-state index contributed by atoms with van der Waals surface area (Å²) in [5.41, 5.74) is 0. The fourth-order valence-corrected chi connectivity index (χ4v) is 2.64. The molecule has 0 rings (SSSR count). The minimum atomic E-state index is -0.670. The molecule has 0 aromatic carbocycles. The van der Waals surface area contributed by atoms with E-state index in [1.807, 2.05) is 0 Å². The number of carboxylic acids is 3. The number of carboxylic acid groups (broad SMARTS) is 3. The molecule has 6 nitrogen and oxygen atoms in total. The zero-order valence-corrected chi connectivity index (χ0v) is 23.5. The van der Waals surface area contributed by atoms with Crippen LogP contribution >= 0.6 is 0 Å². The predicted molar refractivity (Wildman–Crippen MR) is 133 cm³/mol. The Labute approximate surface area is 201 Å². The van der Waals surface area contributed by atoms with Crippen LogP contribution in [0.4, 0.5) is 0 Å². The van der Waals surface area contributed by atoms with Gasteiger partial charge in [0.25, 0.3) is 0 Å². The number of aliphatic carboxylic acids is 3. The number of rotatable bonds is 18. The Morgan fingerprint density at radius 2 is 0.613 bits per heavy atom. The van der Waals surface area contributed by atoms with Gasteiger partial charge in [-0.3, -0.25) is 14.4 Å². The quantitative estimate of drug-likeness (QED) is 0.152. The van der Waals surface area contributed by atoms with E-state index < -0.39 is 17.9 Å². The average molecular weight is 511 g/mol. The van der Waals surface area contributed by atoms with E-state index in [1.165, 1.54) is 57.8 Å². The van der Waals surface area contributed by atoms with Crippen LogP contribution in [-0.4, -0.2) is 51.2 Å². The Morgan fingerprint density at radius 3 is 0.774 bits per heavy atom. The molecule has 0 heterocycles. The van der Waals surface area contributed by atoms with Crippen LogP contribution in [0.3, 0.4) is 0 Å². The van der Waals surface area contributed by atoms with Gasteiger partial charge in [-0.05, 0) is 19.3 Å². The van der Waals surface area contributed by atoms with Crippen LogP contribution in [0.5, 0.6) is 0 Å². The van der Waals surface area contributed by atoms with Gasteiger partial charge in [0.15, 0.2) is 0 Å². The van der Waals surface area contributed by atoms with Gasteiger partial charge < -0.3 is 15.3 Å². The third kappa shape index (κ3) is 52.8. The summed E-state index contributed by atoms with van der Waals surface area (Å²) >= 11 is 0. The van der Waals surface area contributed by atoms with E-state index >= 15 is 0 Å². The van der Waals surface area contributed by atoms with Crippen molar-refractivity contribution in [3.8, 4) is 0 Å². The molecule has 7 heteroatoms. The Hall–Kier alpha value is -1.03. The van der Waals surface area contributed by atoms with E-state index in [2.05, 4.69) is 20.8 Å². The van der Waals surface area contributed by atoms with Crippen molar-refractivity contribution in [2.45, 2.75) is 136 Å². The van der Waals surface area contributed by atoms with Gasteiger partial charge in [0, 0.05) is 19.3 Å². The van der Waals surface area contributed by atoms with E-state index in [9.17, 15) is 14.4 Å². The second-order valence-corrected chi connectivity index (χ2v) is 7.67. The molecule has 1 atom stereocenters. The van der Waals surface area contributed by atoms with E-state index in [0.717, 1.165) is 38.5 Å². The van der Waals surface area contributed by atoms with Crippen LogP contribution in [-0.2, 0) is 14.4 Å². The van der Waals surface area contributed by atoms with Gasteiger partial charge in [0.2, 0.25) is 0 Å². The summed E-state index contributed by atoms with van der Waals surface area (Å²) in [6.07, 6.45) is 17.7. The first-order chi connectivity index (χ1) is 14.3. The van der Waals surface area contributed by atoms with Crippen LogP contribution < -0.4 is 0 Å². The van der Waals surface area contributed by atoms with E-state index in [-0.39, 0.29) is 18.0 Å². The fourth-order valence-electron chi connectivity index (χ4n) is 2.64. The van der Waals surface area contributed by atoms with Crippen LogP contribution in [0, 0.1) is 0 Å². The Balaban J connectivity index is -0.000000174. The van der Waals surface area contributed by atoms with Gasteiger partial charge in [0.05, 0.1) is 0 Å². The average Bonchev–Trinajstić information content (AvgIpc) is 2.68. The number of hydrogen-bond acceptors (Lipinski definition) is 3. The molecule has 0 saturated heterocycles. The number of carbonyl (C=O) groups is 3. The Morgan fingerprint density at radius 1 is 0.419 bits per heavy atom. The first kappa shape index (κ1) is 37.3. The van der Waals surface area contributed by atoms with Crippen molar-refractivity contribution in [2.24, 2.45) is 0 Å². The molecule has 0 aromatic heterocycles. The minimum absolute atomic E-state index is 0. The second kappa shape index (κ2) is 33.6. The van der Waals surface area contributed by atoms with Crippen molar-refractivity contribution in [3.63, 3.8) is 0 Å². The van der Waals surface area contributed by atoms with E-state index in [1.54, 1.807) is 0 Å². The SMILES string of the molecule is CCCCCCCC(=O)O.CCCCCCCC(=O)O.CCCCCCCC(=O)O.[AsH3]. The summed E-state index contributed by atoms with van der Waals surface area (Å²) in [5.74, 6) is -2.01. The summed E-state index contributed by atoms with van der Waals surface area (Å²) in [6, 6.07) is 0. The monoisotopic (exact) mass is 510 g/mol. The van der Waals surface area contributed by atoms with Crippen molar-refractivity contribution in [3.05, 3.63) is 0 Å². The normalized spacial score (nSPS) is 9.39. The van der Waals surface area contributed by atoms with E-state index in [4.69, 9.17) is 15.3 Å². The zero-order valence-electron chi connectivity index (χ0n) is 20.5. The van der Waals surface area contributed by atoms with Crippen LogP contribution in [0.2, 0.25) is 0 Å². The second-order valence-electron chi connectivity index (χ2n) is 7.67. The summed E-state index contributed by atoms with van der Waals surface area (Å²) in [5, 5.41) is 24.8. The molecule has 3 N–H and O–H groups in total.